The fourth-order valence-electron chi connectivity index (χ4n) is 2.29. The van der Waals surface area contributed by atoms with Gasteiger partial charge in [0.25, 0.3) is 0 Å². The lowest BCUT2D eigenvalue weighted by molar-refractivity contribution is 0.966. The van der Waals surface area contributed by atoms with E-state index in [4.69, 9.17) is 5.26 Å². The highest BCUT2D eigenvalue weighted by molar-refractivity contribution is 7.15. The van der Waals surface area contributed by atoms with Gasteiger partial charge in [0, 0.05) is 11.1 Å². The minimum absolute atomic E-state index is 0.656. The van der Waals surface area contributed by atoms with E-state index in [0.717, 1.165) is 22.0 Å². The molecule has 0 aliphatic rings. The van der Waals surface area contributed by atoms with E-state index >= 15 is 0 Å². The van der Waals surface area contributed by atoms with Gasteiger partial charge in [-0.1, -0.05) is 12.1 Å². The summed E-state index contributed by atoms with van der Waals surface area (Å²) in [5.74, 6) is 0. The van der Waals surface area contributed by atoms with Gasteiger partial charge >= 0.3 is 0 Å². The third-order valence-corrected chi connectivity index (χ3v) is 4.27. The molecule has 0 bridgehead atoms. The van der Waals surface area contributed by atoms with Crippen molar-refractivity contribution in [2.75, 3.05) is 5.32 Å². The summed E-state index contributed by atoms with van der Waals surface area (Å²) in [5, 5.41) is 14.6. The van der Waals surface area contributed by atoms with Crippen LogP contribution in [0.1, 0.15) is 22.6 Å². The van der Waals surface area contributed by atoms with E-state index in [1.807, 2.05) is 31.2 Å². The van der Waals surface area contributed by atoms with Gasteiger partial charge in [-0.2, -0.15) is 5.26 Å². The second kappa shape index (κ2) is 4.99. The van der Waals surface area contributed by atoms with Gasteiger partial charge in [-0.05, 0) is 26.0 Å². The second-order valence-corrected chi connectivity index (χ2v) is 5.49. The van der Waals surface area contributed by atoms with Crippen LogP contribution in [0.3, 0.4) is 0 Å². The first-order valence-corrected chi connectivity index (χ1v) is 7.23. The molecule has 1 N–H and O–H groups in total. The third kappa shape index (κ3) is 2.04. The van der Waals surface area contributed by atoms with Gasteiger partial charge in [-0.3, -0.25) is 4.40 Å². The molecule has 0 amide bonds. The number of thiazole rings is 1. The standard InChI is InChI=1S/C15H14N4S/c1-10-9-20-15-18-11(2)14(19(10)15)8-17-13-6-4-3-5-12(13)7-16/h3-6,9,17H,8H2,1-2H3. The van der Waals surface area contributed by atoms with Crippen LogP contribution in [0.2, 0.25) is 0 Å². The largest absolute Gasteiger partial charge is 0.378 e. The summed E-state index contributed by atoms with van der Waals surface area (Å²) in [4.78, 5) is 5.58. The minimum Gasteiger partial charge on any atom is -0.378 e. The average Bonchev–Trinajstić information content (AvgIpc) is 2.96. The maximum Gasteiger partial charge on any atom is 0.194 e. The Morgan fingerprint density at radius 1 is 1.35 bits per heavy atom. The zero-order valence-electron chi connectivity index (χ0n) is 11.3. The average molecular weight is 282 g/mol. The molecule has 100 valence electrons. The maximum atomic E-state index is 9.11. The molecule has 20 heavy (non-hydrogen) atoms. The molecule has 0 saturated heterocycles. The molecule has 0 saturated carbocycles. The molecular weight excluding hydrogens is 268 g/mol. The Morgan fingerprint density at radius 2 is 2.15 bits per heavy atom. The molecule has 2 aromatic heterocycles. The molecule has 0 radical (unpaired) electrons. The Morgan fingerprint density at radius 3 is 2.95 bits per heavy atom. The van der Waals surface area contributed by atoms with Crippen molar-refractivity contribution in [1.82, 2.24) is 9.38 Å². The van der Waals surface area contributed by atoms with Crippen molar-refractivity contribution in [3.63, 3.8) is 0 Å². The van der Waals surface area contributed by atoms with Crippen molar-refractivity contribution in [3.8, 4) is 6.07 Å². The zero-order chi connectivity index (χ0) is 14.1. The van der Waals surface area contributed by atoms with Crippen molar-refractivity contribution in [1.29, 1.82) is 5.26 Å². The fourth-order valence-corrected chi connectivity index (χ4v) is 3.22. The maximum absolute atomic E-state index is 9.11. The van der Waals surface area contributed by atoms with Crippen molar-refractivity contribution in [2.24, 2.45) is 0 Å². The first kappa shape index (κ1) is 12.7. The number of fused-ring (bicyclic) bond motifs is 1. The van der Waals surface area contributed by atoms with Gasteiger partial charge in [0.2, 0.25) is 0 Å². The molecule has 0 aliphatic carbocycles. The number of nitriles is 1. The predicted molar refractivity (Wildman–Crippen MR) is 81.0 cm³/mol. The summed E-state index contributed by atoms with van der Waals surface area (Å²) >= 11 is 1.65. The lowest BCUT2D eigenvalue weighted by Crippen LogP contribution is -2.05. The topological polar surface area (TPSA) is 53.1 Å². The first-order valence-electron chi connectivity index (χ1n) is 6.35. The van der Waals surface area contributed by atoms with Crippen LogP contribution < -0.4 is 5.32 Å². The van der Waals surface area contributed by atoms with Crippen molar-refractivity contribution in [3.05, 3.63) is 52.3 Å². The van der Waals surface area contributed by atoms with Crippen LogP contribution in [0, 0.1) is 25.2 Å². The second-order valence-electron chi connectivity index (χ2n) is 4.65. The van der Waals surface area contributed by atoms with E-state index in [0.29, 0.717) is 12.1 Å². The van der Waals surface area contributed by atoms with E-state index in [9.17, 15) is 0 Å². The molecule has 4 nitrogen and oxygen atoms in total. The first-order chi connectivity index (χ1) is 9.70. The smallest absolute Gasteiger partial charge is 0.194 e. The molecule has 0 fully saturated rings. The van der Waals surface area contributed by atoms with E-state index in [-0.39, 0.29) is 0 Å². The molecule has 5 heteroatoms. The minimum atomic E-state index is 0.656. The van der Waals surface area contributed by atoms with E-state index in [1.54, 1.807) is 11.3 Å². The van der Waals surface area contributed by atoms with Crippen LogP contribution in [-0.2, 0) is 6.54 Å². The highest BCUT2D eigenvalue weighted by Crippen LogP contribution is 2.22. The summed E-state index contributed by atoms with van der Waals surface area (Å²) in [6.45, 7) is 4.76. The summed E-state index contributed by atoms with van der Waals surface area (Å²) in [7, 11) is 0. The highest BCUT2D eigenvalue weighted by Gasteiger charge is 2.12. The molecule has 3 rings (SSSR count). The van der Waals surface area contributed by atoms with Crippen LogP contribution in [0.5, 0.6) is 0 Å². The Kier molecular flexibility index (Phi) is 3.17. The molecule has 1 aromatic carbocycles. The van der Waals surface area contributed by atoms with Crippen LogP contribution in [0.4, 0.5) is 5.69 Å². The number of aromatic nitrogens is 2. The van der Waals surface area contributed by atoms with Crippen LogP contribution >= 0.6 is 11.3 Å². The Hall–Kier alpha value is -2.32. The summed E-state index contributed by atoms with van der Waals surface area (Å²) in [5.41, 5.74) is 4.88. The number of benzene rings is 1. The quantitative estimate of drug-likeness (QED) is 0.800. The molecule has 3 aromatic rings. The monoisotopic (exact) mass is 282 g/mol. The number of rotatable bonds is 3. The summed E-state index contributed by atoms with van der Waals surface area (Å²) in [6.07, 6.45) is 0. The van der Waals surface area contributed by atoms with Crippen LogP contribution in [0.15, 0.2) is 29.6 Å². The van der Waals surface area contributed by atoms with Crippen LogP contribution in [0.25, 0.3) is 4.96 Å². The lowest BCUT2D eigenvalue weighted by Gasteiger charge is -2.08. The van der Waals surface area contributed by atoms with Gasteiger partial charge in [0.15, 0.2) is 4.96 Å². The fraction of sp³-hybridized carbons (Fsp3) is 0.200. The number of hydrogen-bond donors (Lipinski definition) is 1. The zero-order valence-corrected chi connectivity index (χ0v) is 12.2. The van der Waals surface area contributed by atoms with Crippen molar-refractivity contribution >= 4 is 22.0 Å². The van der Waals surface area contributed by atoms with E-state index in [2.05, 4.69) is 33.1 Å². The molecular formula is C15H14N4S. The van der Waals surface area contributed by atoms with Crippen molar-refractivity contribution < 1.29 is 0 Å². The SMILES string of the molecule is Cc1nc2scc(C)n2c1CNc1ccccc1C#N. The molecule has 0 spiro atoms. The molecule has 0 atom stereocenters. The highest BCUT2D eigenvalue weighted by atomic mass is 32.1. The summed E-state index contributed by atoms with van der Waals surface area (Å²) in [6, 6.07) is 9.74. The number of para-hydroxylation sites is 1. The molecule has 0 unspecified atom stereocenters. The third-order valence-electron chi connectivity index (χ3n) is 3.32. The lowest BCUT2D eigenvalue weighted by atomic mass is 10.2. The molecule has 0 aliphatic heterocycles. The number of nitrogens with zero attached hydrogens (tertiary/aromatic N) is 3. The van der Waals surface area contributed by atoms with Crippen LogP contribution in [-0.4, -0.2) is 9.38 Å². The van der Waals surface area contributed by atoms with E-state index < -0.39 is 0 Å². The van der Waals surface area contributed by atoms with Gasteiger partial charge < -0.3 is 5.32 Å². The number of imidazole rings is 1. The Balaban J connectivity index is 1.92. The van der Waals surface area contributed by atoms with Gasteiger partial charge in [0.05, 0.1) is 29.2 Å². The number of anilines is 1. The Bertz CT molecular complexity index is 807. The van der Waals surface area contributed by atoms with Gasteiger partial charge in [0.1, 0.15) is 6.07 Å². The number of aryl methyl sites for hydroxylation is 2. The molecule has 2 heterocycles. The normalized spacial score (nSPS) is 10.7. The van der Waals surface area contributed by atoms with Gasteiger partial charge in [-0.15, -0.1) is 11.3 Å². The Labute approximate surface area is 121 Å². The number of hydrogen-bond acceptors (Lipinski definition) is 4. The predicted octanol–water partition coefficient (Wildman–Crippen LogP) is 3.50. The van der Waals surface area contributed by atoms with Gasteiger partial charge in [-0.25, -0.2) is 4.98 Å². The number of nitrogens with one attached hydrogen (secondary N) is 1. The summed E-state index contributed by atoms with van der Waals surface area (Å²) < 4.78 is 2.17. The van der Waals surface area contributed by atoms with E-state index in [1.165, 1.54) is 5.69 Å². The van der Waals surface area contributed by atoms with Crippen molar-refractivity contribution in [2.45, 2.75) is 20.4 Å².